The molecule has 0 aliphatic heterocycles. The smallest absolute Gasteiger partial charge is 0.344 e. The molecular weight excluding hydrogens is 319 g/mol. The first-order valence-corrected chi connectivity index (χ1v) is 14.1. The van der Waals surface area contributed by atoms with Crippen molar-refractivity contribution < 1.29 is 0 Å². The number of nitrogens with zero attached hydrogens (tertiary/aromatic N) is 3. The van der Waals surface area contributed by atoms with Gasteiger partial charge in [0.15, 0.2) is 0 Å². The molecule has 0 spiro atoms. The van der Waals surface area contributed by atoms with Crippen molar-refractivity contribution in [3.05, 3.63) is 10.4 Å². The molecule has 0 saturated carbocycles. The summed E-state index contributed by atoms with van der Waals surface area (Å²) in [7, 11) is 0. The van der Waals surface area contributed by atoms with E-state index in [0.29, 0.717) is 0 Å². The monoisotopic (exact) mass is 350 g/mol. The first-order chi connectivity index (χ1) is 7.74. The fourth-order valence-electron chi connectivity index (χ4n) is 2.14. The van der Waals surface area contributed by atoms with Gasteiger partial charge in [0.05, 0.1) is 0 Å². The minimum Gasteiger partial charge on any atom is -0.344 e. The van der Waals surface area contributed by atoms with Crippen LogP contribution in [0, 0.1) is 0 Å². The van der Waals surface area contributed by atoms with Crippen molar-refractivity contribution in [3.8, 4) is 0 Å². The van der Waals surface area contributed by atoms with Crippen LogP contribution in [0.5, 0.6) is 0 Å². The molecule has 0 atom stereocenters. The van der Waals surface area contributed by atoms with Gasteiger partial charge < -0.3 is 6.15 Å². The van der Waals surface area contributed by atoms with Gasteiger partial charge in [0.1, 0.15) is 0 Å². The van der Waals surface area contributed by atoms with Crippen LogP contribution in [-0.4, -0.2) is 18.7 Å². The molecule has 0 aromatic heterocycles. The van der Waals surface area contributed by atoms with Gasteiger partial charge in [0.2, 0.25) is 0 Å². The van der Waals surface area contributed by atoms with Crippen molar-refractivity contribution in [2.45, 2.75) is 72.6 Å². The van der Waals surface area contributed by atoms with E-state index in [0.717, 1.165) is 0 Å². The topological polar surface area (TPSA) is 83.8 Å². The molecule has 0 fully saturated rings. The zero-order valence-electron chi connectivity index (χ0n) is 11.9. The van der Waals surface area contributed by atoms with Crippen LogP contribution in [0.15, 0.2) is 3.34 Å². The van der Waals surface area contributed by atoms with Crippen LogP contribution in [0.25, 0.3) is 10.4 Å². The summed E-state index contributed by atoms with van der Waals surface area (Å²) in [6.07, 6.45) is 7.50. The molecule has 0 radical (unpaired) electrons. The van der Waals surface area contributed by atoms with E-state index >= 15 is 0 Å². The molecule has 0 bridgehead atoms. The zero-order chi connectivity index (χ0) is 12.3. The van der Waals surface area contributed by atoms with E-state index in [1.165, 1.54) is 51.8 Å². The minimum atomic E-state index is -2.45. The third-order valence-electron chi connectivity index (χ3n) is 3.24. The van der Waals surface area contributed by atoms with Gasteiger partial charge in [-0.25, -0.2) is 0 Å². The number of azide groups is 1. The Kier molecular flexibility index (Phi) is 14.3. The second-order valence-corrected chi connectivity index (χ2v) is 16.6. The van der Waals surface area contributed by atoms with Gasteiger partial charge in [-0.05, 0) is 0 Å². The molecule has 102 valence electrons. The molecule has 4 nitrogen and oxygen atoms in total. The molecule has 0 amide bonds. The van der Waals surface area contributed by atoms with Gasteiger partial charge in [-0.1, -0.05) is 0 Å². The van der Waals surface area contributed by atoms with E-state index < -0.39 is 18.7 Å². The Hall–Kier alpha value is 0.0687. The largest absolute Gasteiger partial charge is 0.344 e. The number of hydrogen-bond donors (Lipinski definition) is 1. The van der Waals surface area contributed by atoms with Crippen LogP contribution in [0.2, 0.25) is 13.3 Å². The van der Waals surface area contributed by atoms with Gasteiger partial charge in [0, 0.05) is 0 Å². The van der Waals surface area contributed by atoms with Gasteiger partial charge >= 0.3 is 105 Å². The van der Waals surface area contributed by atoms with E-state index in [1.54, 1.807) is 0 Å². The predicted octanol–water partition coefficient (Wildman–Crippen LogP) is 5.80. The van der Waals surface area contributed by atoms with E-state index in [2.05, 4.69) is 29.0 Å². The Morgan fingerprint density at radius 2 is 1.24 bits per heavy atom. The van der Waals surface area contributed by atoms with Gasteiger partial charge in [-0.3, -0.25) is 0 Å². The third-order valence-corrected chi connectivity index (χ3v) is 15.7. The Morgan fingerprint density at radius 1 is 0.882 bits per heavy atom. The minimum absolute atomic E-state index is 0. The number of unbranched alkanes of at least 4 members (excludes halogenated alkanes) is 3. The molecule has 0 heterocycles. The molecule has 0 aromatic rings. The molecule has 0 aliphatic carbocycles. The molecule has 0 rings (SSSR count). The second-order valence-electron chi connectivity index (χ2n) is 4.72. The molecule has 3 N–H and O–H groups in total. The molecule has 0 saturated heterocycles. The predicted molar refractivity (Wildman–Crippen MR) is 79.1 cm³/mol. The standard InChI is InChI=1S/3C4H9.N3.H3N.Sn/c3*1-3-4-2;1-3-2;;/h3*1,3-4H2,2H3;;1H3;/q;;;-1;;+1. The summed E-state index contributed by atoms with van der Waals surface area (Å²) in [4.78, 5) is 3.19. The van der Waals surface area contributed by atoms with Crippen LogP contribution in [0.1, 0.15) is 59.3 Å². The maximum atomic E-state index is 8.81. The molecule has 17 heavy (non-hydrogen) atoms. The summed E-state index contributed by atoms with van der Waals surface area (Å²) < 4.78 is 8.18. The van der Waals surface area contributed by atoms with Crippen LogP contribution in [0.3, 0.4) is 0 Å². The summed E-state index contributed by atoms with van der Waals surface area (Å²) in [5, 5.41) is 0. The van der Waals surface area contributed by atoms with Crippen LogP contribution in [-0.2, 0) is 0 Å². The van der Waals surface area contributed by atoms with Crippen LogP contribution in [0.4, 0.5) is 0 Å². The van der Waals surface area contributed by atoms with Crippen LogP contribution >= 0.6 is 0 Å². The van der Waals surface area contributed by atoms with Gasteiger partial charge in [-0.2, -0.15) is 0 Å². The SMILES string of the molecule is CCC[CH2][Sn]([CH2]CCC)([CH2]CCC)[N]=[N+]=[N-].N. The molecule has 5 heteroatoms. The van der Waals surface area contributed by atoms with Crippen molar-refractivity contribution in [2.24, 2.45) is 3.34 Å². The zero-order valence-corrected chi connectivity index (χ0v) is 14.8. The fourth-order valence-corrected chi connectivity index (χ4v) is 14.3. The normalized spacial score (nSPS) is 10.5. The summed E-state index contributed by atoms with van der Waals surface area (Å²) in [6.45, 7) is 6.69. The Morgan fingerprint density at radius 3 is 1.47 bits per heavy atom. The quantitative estimate of drug-likeness (QED) is 0.230. The molecule has 0 aliphatic rings. The van der Waals surface area contributed by atoms with Crippen molar-refractivity contribution in [2.75, 3.05) is 0 Å². The molecule has 0 aromatic carbocycles. The summed E-state index contributed by atoms with van der Waals surface area (Å²) in [6, 6.07) is 0. The Bertz CT molecular complexity index is 193. The average molecular weight is 349 g/mol. The number of hydrogen-bond acceptors (Lipinski definition) is 2. The summed E-state index contributed by atoms with van der Waals surface area (Å²) in [5.41, 5.74) is 8.81. The van der Waals surface area contributed by atoms with Crippen molar-refractivity contribution in [1.29, 1.82) is 0 Å². The number of rotatable bonds is 10. The molecule has 0 unspecified atom stereocenters. The fraction of sp³-hybridized carbons (Fsp3) is 1.00. The first kappa shape index (κ1) is 19.4. The maximum absolute atomic E-state index is 8.81. The van der Waals surface area contributed by atoms with Crippen molar-refractivity contribution >= 4 is 18.7 Å². The third kappa shape index (κ3) is 8.75. The maximum Gasteiger partial charge on any atom is -0.344 e. The molecular formula is C12H30N4Sn. The van der Waals surface area contributed by atoms with Crippen molar-refractivity contribution in [3.63, 3.8) is 0 Å². The van der Waals surface area contributed by atoms with Crippen molar-refractivity contribution in [1.82, 2.24) is 6.15 Å². The summed E-state index contributed by atoms with van der Waals surface area (Å²) in [5.74, 6) is 0. The summed E-state index contributed by atoms with van der Waals surface area (Å²) >= 11 is -2.45. The van der Waals surface area contributed by atoms with E-state index in [-0.39, 0.29) is 6.15 Å². The Balaban J connectivity index is 0. The Labute approximate surface area is 111 Å². The van der Waals surface area contributed by atoms with Crippen LogP contribution < -0.4 is 6.15 Å². The van der Waals surface area contributed by atoms with Gasteiger partial charge in [-0.15, -0.1) is 0 Å². The van der Waals surface area contributed by atoms with Gasteiger partial charge in [0.25, 0.3) is 0 Å². The van der Waals surface area contributed by atoms with E-state index in [4.69, 9.17) is 5.53 Å². The van der Waals surface area contributed by atoms with E-state index in [9.17, 15) is 0 Å². The average Bonchev–Trinajstić information content (AvgIpc) is 2.31. The first-order valence-electron chi connectivity index (χ1n) is 6.81. The second kappa shape index (κ2) is 12.5. The van der Waals surface area contributed by atoms with E-state index in [1.807, 2.05) is 0 Å².